The van der Waals surface area contributed by atoms with Crippen molar-refractivity contribution in [2.24, 2.45) is 0 Å². The highest BCUT2D eigenvalue weighted by atomic mass is 32.1. The van der Waals surface area contributed by atoms with Crippen molar-refractivity contribution in [3.05, 3.63) is 75.7 Å². The Morgan fingerprint density at radius 2 is 1.53 bits per heavy atom. The molecule has 3 aromatic rings. The monoisotopic (exact) mass is 482 g/mol. The number of methoxy groups -OCH3 is 3. The molecule has 1 aromatic heterocycles. The van der Waals surface area contributed by atoms with E-state index in [0.29, 0.717) is 16.9 Å². The van der Waals surface area contributed by atoms with E-state index in [1.807, 2.05) is 0 Å². The van der Waals surface area contributed by atoms with E-state index in [0.717, 1.165) is 11.3 Å². The topological polar surface area (TPSA) is 120 Å². The Balaban J connectivity index is 1.96. The van der Waals surface area contributed by atoms with Gasteiger partial charge in [-0.05, 0) is 42.8 Å². The maximum atomic E-state index is 13.1. The highest BCUT2D eigenvalue weighted by Gasteiger charge is 2.27. The molecule has 0 saturated heterocycles. The van der Waals surface area contributed by atoms with Crippen LogP contribution in [0.3, 0.4) is 0 Å². The molecule has 10 heteroatoms. The average Bonchev–Trinajstić information content (AvgIpc) is 3.18. The molecule has 2 N–H and O–H groups in total. The van der Waals surface area contributed by atoms with Crippen molar-refractivity contribution in [1.29, 1.82) is 0 Å². The number of amides is 2. The lowest BCUT2D eigenvalue weighted by atomic mass is 10.1. The third kappa shape index (κ3) is 5.07. The van der Waals surface area contributed by atoms with Crippen LogP contribution in [-0.4, -0.2) is 45.1 Å². The number of ether oxygens (including phenoxy) is 3. The fourth-order valence-corrected chi connectivity index (χ4v) is 4.25. The highest BCUT2D eigenvalue weighted by Crippen LogP contribution is 2.35. The van der Waals surface area contributed by atoms with E-state index in [4.69, 9.17) is 14.2 Å². The maximum absolute atomic E-state index is 13.1. The first-order valence-corrected chi connectivity index (χ1v) is 10.8. The van der Waals surface area contributed by atoms with Crippen LogP contribution in [0, 0.1) is 6.92 Å². The van der Waals surface area contributed by atoms with Gasteiger partial charge in [-0.1, -0.05) is 18.2 Å². The van der Waals surface area contributed by atoms with Crippen LogP contribution >= 0.6 is 11.3 Å². The number of carbonyl (C=O) groups excluding carboxylic acids is 4. The second-order valence-electron chi connectivity index (χ2n) is 6.93. The zero-order valence-electron chi connectivity index (χ0n) is 18.9. The minimum atomic E-state index is -0.705. The van der Waals surface area contributed by atoms with Gasteiger partial charge in [0.15, 0.2) is 0 Å². The smallest absolute Gasteiger partial charge is 0.341 e. The lowest BCUT2D eigenvalue weighted by Gasteiger charge is -2.09. The summed E-state index contributed by atoms with van der Waals surface area (Å²) >= 11 is 0.918. The number of hydrogen-bond donors (Lipinski definition) is 2. The van der Waals surface area contributed by atoms with E-state index in [2.05, 4.69) is 10.6 Å². The zero-order valence-corrected chi connectivity index (χ0v) is 19.7. The molecule has 0 aliphatic carbocycles. The third-order valence-electron chi connectivity index (χ3n) is 4.88. The molecule has 0 atom stereocenters. The largest absolute Gasteiger partial charge is 0.497 e. The molecule has 0 saturated carbocycles. The van der Waals surface area contributed by atoms with Crippen LogP contribution in [0.25, 0.3) is 0 Å². The van der Waals surface area contributed by atoms with Crippen molar-refractivity contribution in [2.75, 3.05) is 32.0 Å². The third-order valence-corrected chi connectivity index (χ3v) is 6.09. The standard InChI is InChI=1S/C24H22N2O7S/c1-13-18(24(30)33-4)22(26-20(27)14-8-7-9-15(12-14)31-2)34-19(13)21(28)25-17-11-6-5-10-16(17)23(29)32-3/h5-12H,1-4H3,(H,25,28)(H,26,27). The molecule has 0 unspecified atom stereocenters. The van der Waals surface area contributed by atoms with Gasteiger partial charge in [-0.15, -0.1) is 11.3 Å². The van der Waals surface area contributed by atoms with Crippen molar-refractivity contribution in [2.45, 2.75) is 6.92 Å². The molecule has 3 rings (SSSR count). The molecule has 0 bridgehead atoms. The van der Waals surface area contributed by atoms with Crippen LogP contribution in [0.5, 0.6) is 5.75 Å². The molecule has 176 valence electrons. The fraction of sp³-hybridized carbons (Fsp3) is 0.167. The summed E-state index contributed by atoms with van der Waals surface area (Å²) in [5.74, 6) is -1.88. The van der Waals surface area contributed by atoms with Gasteiger partial charge < -0.3 is 24.8 Å². The molecule has 0 aliphatic rings. The number of esters is 2. The van der Waals surface area contributed by atoms with Crippen LogP contribution in [0.4, 0.5) is 10.7 Å². The zero-order chi connectivity index (χ0) is 24.8. The predicted molar refractivity (Wildman–Crippen MR) is 127 cm³/mol. The van der Waals surface area contributed by atoms with Crippen LogP contribution in [-0.2, 0) is 9.47 Å². The van der Waals surface area contributed by atoms with Gasteiger partial charge in [0.05, 0.1) is 43.0 Å². The van der Waals surface area contributed by atoms with E-state index >= 15 is 0 Å². The van der Waals surface area contributed by atoms with E-state index in [-0.39, 0.29) is 26.7 Å². The van der Waals surface area contributed by atoms with Crippen molar-refractivity contribution < 1.29 is 33.4 Å². The van der Waals surface area contributed by atoms with Gasteiger partial charge in [0.2, 0.25) is 0 Å². The number of benzene rings is 2. The Labute approximate surface area is 199 Å². The number of hydrogen-bond acceptors (Lipinski definition) is 8. The molecule has 0 spiro atoms. The molecule has 1 heterocycles. The lowest BCUT2D eigenvalue weighted by molar-refractivity contribution is 0.0592. The van der Waals surface area contributed by atoms with Crippen molar-refractivity contribution in [1.82, 2.24) is 0 Å². The van der Waals surface area contributed by atoms with Gasteiger partial charge in [-0.25, -0.2) is 9.59 Å². The Kier molecular flexibility index (Phi) is 7.64. The summed E-state index contributed by atoms with van der Waals surface area (Å²) in [4.78, 5) is 50.6. The van der Waals surface area contributed by atoms with Crippen LogP contribution in [0.15, 0.2) is 48.5 Å². The van der Waals surface area contributed by atoms with Gasteiger partial charge in [0.25, 0.3) is 11.8 Å². The molecule has 0 radical (unpaired) electrons. The normalized spacial score (nSPS) is 10.2. The minimum Gasteiger partial charge on any atom is -0.497 e. The van der Waals surface area contributed by atoms with Gasteiger partial charge in [-0.2, -0.15) is 0 Å². The van der Waals surface area contributed by atoms with E-state index in [1.165, 1.54) is 27.4 Å². The van der Waals surface area contributed by atoms with Crippen molar-refractivity contribution >= 4 is 45.8 Å². The first-order chi connectivity index (χ1) is 16.3. The minimum absolute atomic E-state index is 0.0650. The first kappa shape index (κ1) is 24.5. The molecule has 2 aromatic carbocycles. The van der Waals surface area contributed by atoms with E-state index in [1.54, 1.807) is 49.4 Å². The number of thiophene rings is 1. The number of rotatable bonds is 7. The summed E-state index contributed by atoms with van der Waals surface area (Å²) in [6.07, 6.45) is 0. The number of anilines is 2. The Bertz CT molecular complexity index is 1270. The summed E-state index contributed by atoms with van der Waals surface area (Å²) in [6.45, 7) is 1.57. The Morgan fingerprint density at radius 1 is 0.824 bits per heavy atom. The van der Waals surface area contributed by atoms with Gasteiger partial charge >= 0.3 is 11.9 Å². The molecular formula is C24H22N2O7S. The van der Waals surface area contributed by atoms with Gasteiger partial charge in [0, 0.05) is 5.56 Å². The molecule has 0 aliphatic heterocycles. The molecular weight excluding hydrogens is 460 g/mol. The van der Waals surface area contributed by atoms with Crippen LogP contribution in [0.2, 0.25) is 0 Å². The first-order valence-electron chi connectivity index (χ1n) is 9.96. The highest BCUT2D eigenvalue weighted by molar-refractivity contribution is 7.19. The summed E-state index contributed by atoms with van der Waals surface area (Å²) in [5, 5.41) is 5.51. The number of nitrogens with one attached hydrogen (secondary N) is 2. The second kappa shape index (κ2) is 10.6. The maximum Gasteiger partial charge on any atom is 0.341 e. The lowest BCUT2D eigenvalue weighted by Crippen LogP contribution is -2.15. The summed E-state index contributed by atoms with van der Waals surface area (Å²) in [6, 6.07) is 12.9. The molecule has 2 amide bonds. The van der Waals surface area contributed by atoms with Crippen LogP contribution < -0.4 is 15.4 Å². The van der Waals surface area contributed by atoms with Crippen molar-refractivity contribution in [3.63, 3.8) is 0 Å². The van der Waals surface area contributed by atoms with Crippen LogP contribution in [0.1, 0.15) is 46.3 Å². The fourth-order valence-electron chi connectivity index (χ4n) is 3.16. The quantitative estimate of drug-likeness (QED) is 0.486. The molecule has 0 fully saturated rings. The number of para-hydroxylation sites is 1. The predicted octanol–water partition coefficient (Wildman–Crippen LogP) is 4.14. The number of carbonyl (C=O) groups is 4. The summed E-state index contributed by atoms with van der Waals surface area (Å²) < 4.78 is 14.8. The van der Waals surface area contributed by atoms with Crippen molar-refractivity contribution in [3.8, 4) is 5.75 Å². The Hall–Kier alpha value is -4.18. The summed E-state index contributed by atoms with van der Waals surface area (Å²) in [7, 11) is 3.93. The van der Waals surface area contributed by atoms with Gasteiger partial charge in [-0.3, -0.25) is 9.59 Å². The Morgan fingerprint density at radius 3 is 2.21 bits per heavy atom. The molecule has 34 heavy (non-hydrogen) atoms. The molecule has 9 nitrogen and oxygen atoms in total. The van der Waals surface area contributed by atoms with E-state index in [9.17, 15) is 19.2 Å². The second-order valence-corrected chi connectivity index (χ2v) is 7.95. The van der Waals surface area contributed by atoms with Gasteiger partial charge in [0.1, 0.15) is 10.8 Å². The van der Waals surface area contributed by atoms with E-state index < -0.39 is 23.8 Å². The average molecular weight is 483 g/mol. The summed E-state index contributed by atoms with van der Waals surface area (Å²) in [5.41, 5.74) is 1.11. The SMILES string of the molecule is COC(=O)c1ccccc1NC(=O)c1sc(NC(=O)c2cccc(OC)c2)c(C(=O)OC)c1C.